The van der Waals surface area contributed by atoms with Crippen LogP contribution in [0.3, 0.4) is 0 Å². The molecule has 0 spiro atoms. The van der Waals surface area contributed by atoms with Gasteiger partial charge in [-0.15, -0.1) is 0 Å². The van der Waals surface area contributed by atoms with Crippen LogP contribution in [0.25, 0.3) is 0 Å². The molecule has 0 amide bonds. The molecular weight excluding hydrogens is 272 g/mol. The van der Waals surface area contributed by atoms with E-state index in [2.05, 4.69) is 6.92 Å². The van der Waals surface area contributed by atoms with Crippen LogP contribution < -0.4 is 0 Å². The van der Waals surface area contributed by atoms with Crippen LogP contribution in [0.15, 0.2) is 0 Å². The molecule has 0 bridgehead atoms. The molecule has 1 atom stereocenters. The molecule has 1 saturated heterocycles. The standard InChI is InChI=1S/C6H10O.W/c1-2-6-3-4-7-5-6;/h5-6H,1-4H2;/q-2;+2. The van der Waals surface area contributed by atoms with Gasteiger partial charge in [0.2, 0.25) is 0 Å². The Morgan fingerprint density at radius 3 is 2.75 bits per heavy atom. The summed E-state index contributed by atoms with van der Waals surface area (Å²) in [6, 6.07) is 0. The molecule has 1 rings (SSSR count). The van der Waals surface area contributed by atoms with E-state index >= 15 is 0 Å². The van der Waals surface area contributed by atoms with Gasteiger partial charge in [0.05, 0.1) is 0 Å². The average molecular weight is 282 g/mol. The third kappa shape index (κ3) is 2.28. The Kier molecular flexibility index (Phi) is 4.89. The van der Waals surface area contributed by atoms with Crippen LogP contribution in [-0.4, -0.2) is 6.61 Å². The van der Waals surface area contributed by atoms with E-state index in [1.165, 1.54) is 6.42 Å². The molecule has 1 aliphatic rings. The summed E-state index contributed by atoms with van der Waals surface area (Å²) < 4.78 is 4.98. The van der Waals surface area contributed by atoms with Crippen LogP contribution >= 0.6 is 0 Å². The second-order valence-corrected chi connectivity index (χ2v) is 1.84. The summed E-state index contributed by atoms with van der Waals surface area (Å²) in [6.07, 6.45) is 2.16. The largest absolute Gasteiger partial charge is 2.00 e. The third-order valence-electron chi connectivity index (χ3n) is 1.27. The van der Waals surface area contributed by atoms with Crippen molar-refractivity contribution in [3.8, 4) is 0 Å². The van der Waals surface area contributed by atoms with Crippen molar-refractivity contribution in [3.63, 3.8) is 0 Å². The van der Waals surface area contributed by atoms with Gasteiger partial charge in [-0.05, 0) is 0 Å². The van der Waals surface area contributed by atoms with E-state index in [9.17, 15) is 0 Å². The predicted octanol–water partition coefficient (Wildman–Crippen LogP) is 1.41. The molecule has 0 saturated carbocycles. The van der Waals surface area contributed by atoms with Gasteiger partial charge in [0.25, 0.3) is 0 Å². The van der Waals surface area contributed by atoms with E-state index in [-0.39, 0.29) is 21.1 Å². The van der Waals surface area contributed by atoms with Gasteiger partial charge in [0.1, 0.15) is 0 Å². The van der Waals surface area contributed by atoms with Crippen molar-refractivity contribution >= 4 is 0 Å². The Morgan fingerprint density at radius 2 is 2.50 bits per heavy atom. The molecule has 8 heavy (non-hydrogen) atoms. The smallest absolute Gasteiger partial charge is 0.552 e. The van der Waals surface area contributed by atoms with Gasteiger partial charge in [-0.3, -0.25) is 0 Å². The Labute approximate surface area is 65.1 Å². The summed E-state index contributed by atoms with van der Waals surface area (Å²) in [5.41, 5.74) is 0. The van der Waals surface area contributed by atoms with Gasteiger partial charge in [-0.2, -0.15) is 5.92 Å². The maximum atomic E-state index is 4.98. The van der Waals surface area contributed by atoms with Crippen molar-refractivity contribution in [1.29, 1.82) is 0 Å². The second-order valence-electron chi connectivity index (χ2n) is 1.84. The van der Waals surface area contributed by atoms with Gasteiger partial charge >= 0.3 is 21.1 Å². The van der Waals surface area contributed by atoms with Crippen LogP contribution in [0.1, 0.15) is 12.8 Å². The predicted molar refractivity (Wildman–Crippen MR) is 28.3 cm³/mol. The van der Waals surface area contributed by atoms with Gasteiger partial charge < -0.3 is 11.7 Å². The summed E-state index contributed by atoms with van der Waals surface area (Å²) >= 11 is 0. The summed E-state index contributed by atoms with van der Waals surface area (Å²) in [7, 11) is 0. The van der Waals surface area contributed by atoms with E-state index in [0.29, 0.717) is 5.92 Å². The number of hydrogen-bond donors (Lipinski definition) is 0. The van der Waals surface area contributed by atoms with Crippen LogP contribution in [0.2, 0.25) is 0 Å². The molecule has 1 heterocycles. The molecular formula is C6H10OW. The van der Waals surface area contributed by atoms with Crippen molar-refractivity contribution < 1.29 is 25.8 Å². The molecule has 0 N–H and O–H groups in total. The molecule has 0 radical (unpaired) electrons. The first-order valence-corrected chi connectivity index (χ1v) is 2.67. The molecule has 1 nitrogen and oxygen atoms in total. The zero-order valence-electron chi connectivity index (χ0n) is 4.80. The number of hydrogen-bond acceptors (Lipinski definition) is 1. The Balaban J connectivity index is 0.000000490. The molecule has 0 aromatic carbocycles. The van der Waals surface area contributed by atoms with Gasteiger partial charge in [0.15, 0.2) is 0 Å². The first-order valence-electron chi connectivity index (χ1n) is 2.67. The number of ether oxygens (including phenoxy) is 1. The van der Waals surface area contributed by atoms with Gasteiger partial charge in [-0.25, -0.2) is 13.0 Å². The second kappa shape index (κ2) is 4.52. The van der Waals surface area contributed by atoms with Crippen LogP contribution in [0.5, 0.6) is 0 Å². The first kappa shape index (κ1) is 8.65. The maximum Gasteiger partial charge on any atom is 2.00 e. The zero-order valence-corrected chi connectivity index (χ0v) is 7.73. The van der Waals surface area contributed by atoms with E-state index in [4.69, 9.17) is 4.74 Å². The normalized spacial score (nSPS) is 27.4. The SMILES string of the molecule is [CH2-]CC1[CH-]OCC1.[W+2]. The average Bonchev–Trinajstić information content (AvgIpc) is 2.14. The van der Waals surface area contributed by atoms with Gasteiger partial charge in [0, 0.05) is 6.61 Å². The monoisotopic (exact) mass is 282 g/mol. The Morgan fingerprint density at radius 1 is 1.75 bits per heavy atom. The zero-order chi connectivity index (χ0) is 5.11. The van der Waals surface area contributed by atoms with Crippen molar-refractivity contribution in [2.45, 2.75) is 12.8 Å². The molecule has 1 fully saturated rings. The minimum atomic E-state index is 0. The van der Waals surface area contributed by atoms with E-state index in [0.717, 1.165) is 13.0 Å². The molecule has 0 aromatic rings. The van der Waals surface area contributed by atoms with Crippen molar-refractivity contribution in [2.75, 3.05) is 6.61 Å². The summed E-state index contributed by atoms with van der Waals surface area (Å²) in [5, 5.41) is 0. The fourth-order valence-electron chi connectivity index (χ4n) is 0.704. The summed E-state index contributed by atoms with van der Waals surface area (Å²) in [6.45, 7) is 6.56. The molecule has 1 aliphatic heterocycles. The maximum absolute atomic E-state index is 4.98. The Bertz CT molecular complexity index is 50.5. The topological polar surface area (TPSA) is 9.23 Å². The molecule has 46 valence electrons. The van der Waals surface area contributed by atoms with Crippen molar-refractivity contribution in [2.24, 2.45) is 5.92 Å². The minimum Gasteiger partial charge on any atom is -0.552 e. The molecule has 0 aliphatic carbocycles. The third-order valence-corrected chi connectivity index (χ3v) is 1.27. The van der Waals surface area contributed by atoms with Crippen LogP contribution in [0.4, 0.5) is 0 Å². The first-order chi connectivity index (χ1) is 3.43. The minimum absolute atomic E-state index is 0. The summed E-state index contributed by atoms with van der Waals surface area (Å²) in [4.78, 5) is 0. The van der Waals surface area contributed by atoms with E-state index < -0.39 is 0 Å². The van der Waals surface area contributed by atoms with Crippen LogP contribution in [0, 0.1) is 19.4 Å². The van der Waals surface area contributed by atoms with Crippen LogP contribution in [-0.2, 0) is 25.8 Å². The quantitative estimate of drug-likeness (QED) is 0.661. The molecule has 1 unspecified atom stereocenters. The van der Waals surface area contributed by atoms with Gasteiger partial charge in [-0.1, -0.05) is 6.42 Å². The van der Waals surface area contributed by atoms with Crippen molar-refractivity contribution in [3.05, 3.63) is 13.5 Å². The molecule has 2 heteroatoms. The van der Waals surface area contributed by atoms with E-state index in [1.54, 1.807) is 0 Å². The van der Waals surface area contributed by atoms with E-state index in [1.807, 2.05) is 6.61 Å². The Hall–Kier alpha value is 0.648. The summed E-state index contributed by atoms with van der Waals surface area (Å²) in [5.74, 6) is 0.639. The molecule has 0 aromatic heterocycles. The fourth-order valence-corrected chi connectivity index (χ4v) is 0.704. The van der Waals surface area contributed by atoms with Crippen molar-refractivity contribution in [1.82, 2.24) is 0 Å². The fraction of sp³-hybridized carbons (Fsp3) is 0.667. The number of rotatable bonds is 1.